The molecule has 0 aromatic carbocycles. The third kappa shape index (κ3) is 1.99. The van der Waals surface area contributed by atoms with E-state index in [0.29, 0.717) is 0 Å². The van der Waals surface area contributed by atoms with Gasteiger partial charge in [0.1, 0.15) is 12.4 Å². The molecule has 0 fully saturated rings. The van der Waals surface area contributed by atoms with Crippen LogP contribution in [0.2, 0.25) is 0 Å². The van der Waals surface area contributed by atoms with E-state index in [9.17, 15) is 4.79 Å². The Kier molecular flexibility index (Phi) is 2.90. The summed E-state index contributed by atoms with van der Waals surface area (Å²) in [6.07, 6.45) is 1.56. The molecule has 1 unspecified atom stereocenters. The summed E-state index contributed by atoms with van der Waals surface area (Å²) in [5.41, 5.74) is 2.83. The maximum Gasteiger partial charge on any atom is 0.252 e. The van der Waals surface area contributed by atoms with E-state index in [1.165, 1.54) is 0 Å². The molecule has 0 radical (unpaired) electrons. The molecular weight excluding hydrogens is 166 g/mol. The van der Waals surface area contributed by atoms with Crippen molar-refractivity contribution in [2.75, 3.05) is 0 Å². The fraction of sp³-hybridized carbons (Fsp3) is 0.778. The lowest BCUT2D eigenvalue weighted by molar-refractivity contribution is -0.132. The lowest BCUT2D eigenvalue weighted by atomic mass is 10.0. The predicted molar refractivity (Wildman–Crippen MR) is 52.2 cm³/mol. The Morgan fingerprint density at radius 1 is 1.46 bits per heavy atom. The molecule has 0 aliphatic carbocycles. The average molecular weight is 183 g/mol. The molecule has 1 aliphatic rings. The van der Waals surface area contributed by atoms with Crippen LogP contribution >= 0.6 is 0 Å². The van der Waals surface area contributed by atoms with Crippen molar-refractivity contribution in [3.63, 3.8) is 0 Å². The van der Waals surface area contributed by atoms with Gasteiger partial charge >= 0.3 is 0 Å². The van der Waals surface area contributed by atoms with Gasteiger partial charge < -0.3 is 0 Å². The molecule has 1 atom stereocenters. The van der Waals surface area contributed by atoms with Gasteiger partial charge in [0.15, 0.2) is 0 Å². The maximum atomic E-state index is 11.8. The van der Waals surface area contributed by atoms with Crippen LogP contribution < -0.4 is 5.43 Å². The van der Waals surface area contributed by atoms with Gasteiger partial charge in [0, 0.05) is 6.04 Å². The maximum absolute atomic E-state index is 11.8. The topological polar surface area (TPSA) is 44.7 Å². The fourth-order valence-corrected chi connectivity index (χ4v) is 1.27. The summed E-state index contributed by atoms with van der Waals surface area (Å²) in [4.78, 5) is 13.4. The second-order valence-corrected chi connectivity index (χ2v) is 3.93. The van der Waals surface area contributed by atoms with E-state index in [1.807, 2.05) is 27.7 Å². The zero-order valence-electron chi connectivity index (χ0n) is 8.61. The summed E-state index contributed by atoms with van der Waals surface area (Å²) in [7, 11) is 0. The minimum absolute atomic E-state index is 0.111. The van der Waals surface area contributed by atoms with E-state index in [4.69, 9.17) is 0 Å². The highest BCUT2D eigenvalue weighted by Gasteiger charge is 2.30. The van der Waals surface area contributed by atoms with Crippen molar-refractivity contribution in [1.29, 1.82) is 0 Å². The number of hydrogen-bond acceptors (Lipinski definition) is 3. The molecule has 1 N–H and O–H groups in total. The number of carbonyl (C=O) groups excluding carboxylic acids is 1. The van der Waals surface area contributed by atoms with E-state index in [1.54, 1.807) is 11.2 Å². The Balaban J connectivity index is 2.77. The Hall–Kier alpha value is -1.06. The third-order valence-corrected chi connectivity index (χ3v) is 2.14. The van der Waals surface area contributed by atoms with Crippen LogP contribution in [0.25, 0.3) is 0 Å². The molecule has 1 amide bonds. The third-order valence-electron chi connectivity index (χ3n) is 2.14. The Bertz CT molecular complexity index is 223. The molecule has 0 saturated carbocycles. The number of nitrogens with zero attached hydrogens (tertiary/aromatic N) is 2. The van der Waals surface area contributed by atoms with E-state index >= 15 is 0 Å². The van der Waals surface area contributed by atoms with Crippen molar-refractivity contribution in [3.8, 4) is 0 Å². The van der Waals surface area contributed by atoms with E-state index in [0.717, 1.165) is 0 Å². The van der Waals surface area contributed by atoms with Crippen LogP contribution in [0.3, 0.4) is 0 Å². The largest absolute Gasteiger partial charge is 0.297 e. The highest BCUT2D eigenvalue weighted by Crippen LogP contribution is 2.10. The molecule has 1 heterocycles. The predicted octanol–water partition coefficient (Wildman–Crippen LogP) is 0.794. The minimum atomic E-state index is -0.174. The van der Waals surface area contributed by atoms with Gasteiger partial charge in [0.2, 0.25) is 0 Å². The van der Waals surface area contributed by atoms with Crippen molar-refractivity contribution in [2.24, 2.45) is 11.0 Å². The van der Waals surface area contributed by atoms with Crippen molar-refractivity contribution < 1.29 is 4.79 Å². The number of rotatable bonds is 2. The van der Waals surface area contributed by atoms with Crippen LogP contribution in [0.1, 0.15) is 27.7 Å². The zero-order chi connectivity index (χ0) is 10.0. The minimum Gasteiger partial charge on any atom is -0.297 e. The van der Waals surface area contributed by atoms with Gasteiger partial charge in [-0.2, -0.15) is 5.10 Å². The molecule has 13 heavy (non-hydrogen) atoms. The summed E-state index contributed by atoms with van der Waals surface area (Å²) in [5, 5.41) is 3.96. The van der Waals surface area contributed by atoms with Crippen LogP contribution in [-0.2, 0) is 4.79 Å². The molecule has 1 aliphatic heterocycles. The first-order chi connectivity index (χ1) is 6.04. The second kappa shape index (κ2) is 3.77. The van der Waals surface area contributed by atoms with E-state index in [-0.39, 0.29) is 23.9 Å². The zero-order valence-corrected chi connectivity index (χ0v) is 8.61. The molecule has 4 nitrogen and oxygen atoms in total. The first kappa shape index (κ1) is 10.0. The Morgan fingerprint density at radius 2 is 2.08 bits per heavy atom. The van der Waals surface area contributed by atoms with Crippen LogP contribution in [0.15, 0.2) is 5.10 Å². The Labute approximate surface area is 79.0 Å². The summed E-state index contributed by atoms with van der Waals surface area (Å²) in [6, 6.07) is 0.00648. The number of amides is 1. The average Bonchev–Trinajstić information content (AvgIpc) is 2.03. The summed E-state index contributed by atoms with van der Waals surface area (Å²) in [5.74, 6) is 0.381. The molecule has 0 aromatic heterocycles. The summed E-state index contributed by atoms with van der Waals surface area (Å²) >= 11 is 0. The van der Waals surface area contributed by atoms with Crippen molar-refractivity contribution >= 4 is 12.2 Å². The number of hydrazone groups is 1. The molecule has 0 saturated heterocycles. The molecule has 4 heteroatoms. The first-order valence-corrected chi connectivity index (χ1v) is 4.65. The molecule has 1 rings (SSSR count). The van der Waals surface area contributed by atoms with Gasteiger partial charge in [-0.05, 0) is 19.8 Å². The lowest BCUT2D eigenvalue weighted by Gasteiger charge is -2.31. The second-order valence-electron chi connectivity index (χ2n) is 3.93. The number of hydrogen-bond donors (Lipinski definition) is 1. The van der Waals surface area contributed by atoms with Gasteiger partial charge in [0.05, 0.1) is 0 Å². The SMILES string of the molecule is CC(C)C1NN=CN(C(C)C)C1=O. The first-order valence-electron chi connectivity index (χ1n) is 4.65. The standard InChI is InChI=1S/C9H17N3O/c1-6(2)8-9(13)12(7(3)4)5-10-11-8/h5-8,11H,1-4H3. The highest BCUT2D eigenvalue weighted by atomic mass is 16.2. The van der Waals surface area contributed by atoms with Crippen molar-refractivity contribution in [1.82, 2.24) is 10.3 Å². The summed E-state index contributed by atoms with van der Waals surface area (Å²) < 4.78 is 0. The molecule has 0 bridgehead atoms. The van der Waals surface area contributed by atoms with Crippen LogP contribution in [0.4, 0.5) is 0 Å². The van der Waals surface area contributed by atoms with E-state index in [2.05, 4.69) is 10.5 Å². The van der Waals surface area contributed by atoms with E-state index < -0.39 is 0 Å². The normalized spacial score (nSPS) is 22.8. The van der Waals surface area contributed by atoms with Crippen molar-refractivity contribution in [2.45, 2.75) is 39.8 Å². The highest BCUT2D eigenvalue weighted by molar-refractivity contribution is 5.93. The van der Waals surface area contributed by atoms with Gasteiger partial charge in [-0.25, -0.2) is 0 Å². The van der Waals surface area contributed by atoms with Gasteiger partial charge in [-0.3, -0.25) is 15.1 Å². The molecule has 74 valence electrons. The monoisotopic (exact) mass is 183 g/mol. The molecule has 0 aromatic rings. The molecule has 0 spiro atoms. The quantitative estimate of drug-likeness (QED) is 0.688. The van der Waals surface area contributed by atoms with Crippen LogP contribution in [-0.4, -0.2) is 29.2 Å². The number of nitrogens with one attached hydrogen (secondary N) is 1. The van der Waals surface area contributed by atoms with Gasteiger partial charge in [-0.15, -0.1) is 0 Å². The number of carbonyl (C=O) groups is 1. The smallest absolute Gasteiger partial charge is 0.252 e. The fourth-order valence-electron chi connectivity index (χ4n) is 1.27. The van der Waals surface area contributed by atoms with Gasteiger partial charge in [0.25, 0.3) is 5.91 Å². The van der Waals surface area contributed by atoms with Crippen LogP contribution in [0, 0.1) is 5.92 Å². The molecular formula is C9H17N3O. The summed E-state index contributed by atoms with van der Waals surface area (Å²) in [6.45, 7) is 7.98. The van der Waals surface area contributed by atoms with Gasteiger partial charge in [-0.1, -0.05) is 13.8 Å². The van der Waals surface area contributed by atoms with Crippen molar-refractivity contribution in [3.05, 3.63) is 0 Å². The lowest BCUT2D eigenvalue weighted by Crippen LogP contribution is -2.53. The van der Waals surface area contributed by atoms with Crippen LogP contribution in [0.5, 0.6) is 0 Å². The Morgan fingerprint density at radius 3 is 2.54 bits per heavy atom.